The maximum Gasteiger partial charge on any atom is 0.342 e. The van der Waals surface area contributed by atoms with E-state index in [9.17, 15) is 14.9 Å². The monoisotopic (exact) mass is 280 g/mol. The number of aryl methyl sites for hydroxylation is 1. The van der Waals surface area contributed by atoms with Gasteiger partial charge in [0.05, 0.1) is 4.92 Å². The quantitative estimate of drug-likeness (QED) is 0.647. The van der Waals surface area contributed by atoms with Crippen molar-refractivity contribution >= 4 is 23.4 Å². The first-order chi connectivity index (χ1) is 8.97. The zero-order valence-electron chi connectivity index (χ0n) is 9.65. The molecule has 2 N–H and O–H groups in total. The molecule has 0 aliphatic rings. The molecule has 9 heteroatoms. The zero-order valence-corrected chi connectivity index (χ0v) is 10.5. The second-order valence-corrected chi connectivity index (χ2v) is 4.59. The molecule has 0 radical (unpaired) electrons. The number of aromatic amines is 1. The van der Waals surface area contributed by atoms with E-state index in [0.717, 1.165) is 17.8 Å². The molecule has 0 saturated carbocycles. The Kier molecular flexibility index (Phi) is 3.47. The fraction of sp³-hybridized carbons (Fsp3) is 0.100. The Morgan fingerprint density at radius 2 is 2.26 bits per heavy atom. The third-order valence-electron chi connectivity index (χ3n) is 2.18. The van der Waals surface area contributed by atoms with Gasteiger partial charge in [0.1, 0.15) is 11.4 Å². The van der Waals surface area contributed by atoms with Gasteiger partial charge in [0, 0.05) is 11.0 Å². The lowest BCUT2D eigenvalue weighted by Crippen LogP contribution is -2.02. The minimum absolute atomic E-state index is 0.359. The van der Waals surface area contributed by atoms with E-state index in [1.54, 1.807) is 6.92 Å². The number of hydrogen-bond acceptors (Lipinski definition) is 6. The van der Waals surface area contributed by atoms with Crippen molar-refractivity contribution < 1.29 is 14.8 Å². The average molecular weight is 280 g/mol. The predicted octanol–water partition coefficient (Wildman–Crippen LogP) is 1.87. The number of nitrogens with zero attached hydrogens (tertiary/aromatic N) is 3. The minimum atomic E-state index is -1.35. The van der Waals surface area contributed by atoms with Crippen molar-refractivity contribution in [3.05, 3.63) is 39.7 Å². The molecule has 0 bridgehead atoms. The van der Waals surface area contributed by atoms with Gasteiger partial charge in [0.15, 0.2) is 0 Å². The zero-order chi connectivity index (χ0) is 14.0. The van der Waals surface area contributed by atoms with Gasteiger partial charge in [-0.3, -0.25) is 15.2 Å². The summed E-state index contributed by atoms with van der Waals surface area (Å²) in [6.07, 6.45) is 0. The van der Waals surface area contributed by atoms with E-state index in [0.29, 0.717) is 15.9 Å². The van der Waals surface area contributed by atoms with Crippen LogP contribution in [-0.2, 0) is 0 Å². The van der Waals surface area contributed by atoms with Gasteiger partial charge < -0.3 is 5.11 Å². The molecule has 0 spiro atoms. The number of nitro benzene ring substituents is 1. The SMILES string of the molecule is Cc1nc(Sc2ccc([N+](=O)[O-])c(C(=O)O)c2)n[nH]1. The molecular formula is C10H8N4O4S. The largest absolute Gasteiger partial charge is 0.477 e. The van der Waals surface area contributed by atoms with Crippen LogP contribution in [0, 0.1) is 17.0 Å². The van der Waals surface area contributed by atoms with E-state index < -0.39 is 16.6 Å². The second-order valence-electron chi connectivity index (χ2n) is 3.55. The van der Waals surface area contributed by atoms with Gasteiger partial charge in [-0.1, -0.05) is 0 Å². The lowest BCUT2D eigenvalue weighted by atomic mass is 10.2. The highest BCUT2D eigenvalue weighted by molar-refractivity contribution is 7.99. The molecule has 2 rings (SSSR count). The lowest BCUT2D eigenvalue weighted by Gasteiger charge is -2.01. The number of carbonyl (C=O) groups is 1. The molecule has 1 heterocycles. The van der Waals surface area contributed by atoms with Crippen molar-refractivity contribution in [2.24, 2.45) is 0 Å². The van der Waals surface area contributed by atoms with Crippen LogP contribution < -0.4 is 0 Å². The molecule has 0 fully saturated rings. The van der Waals surface area contributed by atoms with Crippen molar-refractivity contribution in [1.82, 2.24) is 15.2 Å². The van der Waals surface area contributed by atoms with Crippen LogP contribution >= 0.6 is 11.8 Å². The van der Waals surface area contributed by atoms with Gasteiger partial charge in [-0.25, -0.2) is 9.78 Å². The molecule has 0 aliphatic heterocycles. The number of aromatic carboxylic acids is 1. The van der Waals surface area contributed by atoms with E-state index in [4.69, 9.17) is 5.11 Å². The van der Waals surface area contributed by atoms with Crippen molar-refractivity contribution in [3.8, 4) is 0 Å². The molecule has 98 valence electrons. The summed E-state index contributed by atoms with van der Waals surface area (Å²) in [4.78, 5) is 25.5. The number of carboxylic acid groups (broad SMARTS) is 1. The Hall–Kier alpha value is -2.42. The first-order valence-electron chi connectivity index (χ1n) is 5.06. The molecule has 0 unspecified atom stereocenters. The number of nitro groups is 1. The van der Waals surface area contributed by atoms with Crippen molar-refractivity contribution in [2.75, 3.05) is 0 Å². The third kappa shape index (κ3) is 2.88. The smallest absolute Gasteiger partial charge is 0.342 e. The van der Waals surface area contributed by atoms with Gasteiger partial charge in [0.2, 0.25) is 5.16 Å². The molecule has 8 nitrogen and oxygen atoms in total. The summed E-state index contributed by atoms with van der Waals surface area (Å²) in [5.74, 6) is -0.719. The Bertz CT molecular complexity index is 655. The maximum absolute atomic E-state index is 11.0. The molecular weight excluding hydrogens is 272 g/mol. The predicted molar refractivity (Wildman–Crippen MR) is 65.3 cm³/mol. The van der Waals surface area contributed by atoms with Crippen molar-refractivity contribution in [3.63, 3.8) is 0 Å². The van der Waals surface area contributed by atoms with Crippen LogP contribution in [0.15, 0.2) is 28.3 Å². The summed E-state index contributed by atoms with van der Waals surface area (Å²) in [6.45, 7) is 1.73. The second kappa shape index (κ2) is 5.06. The molecule has 19 heavy (non-hydrogen) atoms. The highest BCUT2D eigenvalue weighted by Gasteiger charge is 2.20. The van der Waals surface area contributed by atoms with Gasteiger partial charge in [0.25, 0.3) is 5.69 Å². The highest BCUT2D eigenvalue weighted by atomic mass is 32.2. The Morgan fingerprint density at radius 1 is 1.53 bits per heavy atom. The van der Waals surface area contributed by atoms with Crippen LogP contribution in [0.2, 0.25) is 0 Å². The summed E-state index contributed by atoms with van der Waals surface area (Å²) in [5.41, 5.74) is -0.801. The van der Waals surface area contributed by atoms with Crippen LogP contribution in [-0.4, -0.2) is 31.2 Å². The maximum atomic E-state index is 11.0. The molecule has 0 amide bonds. The molecule has 1 aromatic heterocycles. The standard InChI is InChI=1S/C10H8N4O4S/c1-5-11-10(13-12-5)19-6-2-3-8(14(17)18)7(4-6)9(15)16/h2-4H,1H3,(H,15,16)(H,11,12,13). The average Bonchev–Trinajstić information content (AvgIpc) is 2.74. The topological polar surface area (TPSA) is 122 Å². The Balaban J connectivity index is 2.35. The van der Waals surface area contributed by atoms with E-state index >= 15 is 0 Å². The number of carboxylic acids is 1. The summed E-state index contributed by atoms with van der Waals surface area (Å²) >= 11 is 1.12. The van der Waals surface area contributed by atoms with E-state index in [1.165, 1.54) is 12.1 Å². The summed E-state index contributed by atoms with van der Waals surface area (Å²) < 4.78 is 0. The first kappa shape index (κ1) is 13.0. The van der Waals surface area contributed by atoms with Crippen LogP contribution in [0.1, 0.15) is 16.2 Å². The van der Waals surface area contributed by atoms with Gasteiger partial charge in [-0.15, -0.1) is 5.10 Å². The van der Waals surface area contributed by atoms with Gasteiger partial charge in [-0.05, 0) is 30.8 Å². The fourth-order valence-corrected chi connectivity index (χ4v) is 2.18. The Labute approximate surface area is 111 Å². The summed E-state index contributed by atoms with van der Waals surface area (Å²) in [5, 5.41) is 26.6. The normalized spacial score (nSPS) is 10.4. The fourth-order valence-electron chi connectivity index (χ4n) is 1.38. The number of rotatable bonds is 4. The number of benzene rings is 1. The molecule has 2 aromatic rings. The van der Waals surface area contributed by atoms with E-state index in [1.807, 2.05) is 0 Å². The summed E-state index contributed by atoms with van der Waals surface area (Å²) in [6, 6.07) is 3.85. The number of nitrogens with one attached hydrogen (secondary N) is 1. The van der Waals surface area contributed by atoms with Gasteiger partial charge >= 0.3 is 5.97 Å². The summed E-state index contributed by atoms with van der Waals surface area (Å²) in [7, 11) is 0. The van der Waals surface area contributed by atoms with Crippen molar-refractivity contribution in [2.45, 2.75) is 17.0 Å². The first-order valence-corrected chi connectivity index (χ1v) is 5.87. The van der Waals surface area contributed by atoms with Crippen LogP contribution in [0.5, 0.6) is 0 Å². The third-order valence-corrected chi connectivity index (χ3v) is 3.04. The Morgan fingerprint density at radius 3 is 2.79 bits per heavy atom. The minimum Gasteiger partial charge on any atom is -0.477 e. The number of H-pyrrole nitrogens is 1. The molecule has 0 aliphatic carbocycles. The molecule has 1 aromatic carbocycles. The van der Waals surface area contributed by atoms with Crippen LogP contribution in [0.3, 0.4) is 0 Å². The number of aromatic nitrogens is 3. The lowest BCUT2D eigenvalue weighted by molar-refractivity contribution is -0.385. The van der Waals surface area contributed by atoms with Gasteiger partial charge in [-0.2, -0.15) is 0 Å². The van der Waals surface area contributed by atoms with E-state index in [2.05, 4.69) is 15.2 Å². The molecule has 0 saturated heterocycles. The van der Waals surface area contributed by atoms with Crippen LogP contribution in [0.25, 0.3) is 0 Å². The van der Waals surface area contributed by atoms with Crippen LogP contribution in [0.4, 0.5) is 5.69 Å². The van der Waals surface area contributed by atoms with E-state index in [-0.39, 0.29) is 5.56 Å². The highest BCUT2D eigenvalue weighted by Crippen LogP contribution is 2.29. The van der Waals surface area contributed by atoms with Crippen molar-refractivity contribution in [1.29, 1.82) is 0 Å². The number of hydrogen-bond donors (Lipinski definition) is 2. The molecule has 0 atom stereocenters.